The molecule has 2 heteroatoms. The lowest BCUT2D eigenvalue weighted by Crippen LogP contribution is -2.24. The van der Waals surface area contributed by atoms with Crippen molar-refractivity contribution in [2.45, 2.75) is 32.6 Å². The lowest BCUT2D eigenvalue weighted by atomic mass is 10.0. The molecule has 11 heavy (non-hydrogen) atoms. The van der Waals surface area contributed by atoms with Crippen molar-refractivity contribution >= 4 is 11.6 Å². The van der Waals surface area contributed by atoms with E-state index in [1.165, 1.54) is 32.2 Å². The summed E-state index contributed by atoms with van der Waals surface area (Å²) in [7, 11) is 0. The zero-order valence-corrected chi connectivity index (χ0v) is 8.08. The first-order chi connectivity index (χ1) is 5.33. The molecule has 1 N–H and O–H groups in total. The smallest absolute Gasteiger partial charge is 0.0229 e. The van der Waals surface area contributed by atoms with Crippen LogP contribution in [0.3, 0.4) is 0 Å². The van der Waals surface area contributed by atoms with Crippen LogP contribution in [0, 0.1) is 5.41 Å². The average molecular weight is 176 g/mol. The van der Waals surface area contributed by atoms with Gasteiger partial charge < -0.3 is 5.32 Å². The Kier molecular flexibility index (Phi) is 3.67. The molecular formula is C9H18ClN. The summed E-state index contributed by atoms with van der Waals surface area (Å²) in [6, 6.07) is 0. The van der Waals surface area contributed by atoms with E-state index >= 15 is 0 Å². The van der Waals surface area contributed by atoms with Crippen LogP contribution < -0.4 is 5.32 Å². The van der Waals surface area contributed by atoms with Gasteiger partial charge in [0.25, 0.3) is 0 Å². The van der Waals surface area contributed by atoms with Crippen LogP contribution in [0.1, 0.15) is 32.6 Å². The molecule has 0 aromatic rings. The van der Waals surface area contributed by atoms with E-state index in [4.69, 9.17) is 11.6 Å². The van der Waals surface area contributed by atoms with Crippen molar-refractivity contribution in [3.63, 3.8) is 0 Å². The van der Waals surface area contributed by atoms with Gasteiger partial charge >= 0.3 is 0 Å². The summed E-state index contributed by atoms with van der Waals surface area (Å²) in [5, 5.41) is 3.46. The van der Waals surface area contributed by atoms with E-state index in [9.17, 15) is 0 Å². The number of nitrogens with one attached hydrogen (secondary N) is 1. The van der Waals surface area contributed by atoms with Crippen molar-refractivity contribution in [2.75, 3.05) is 19.0 Å². The van der Waals surface area contributed by atoms with Gasteiger partial charge in [-0.05, 0) is 37.6 Å². The fourth-order valence-electron chi connectivity index (χ4n) is 1.42. The normalized spacial score (nSPS) is 20.2. The molecule has 0 spiro atoms. The molecule has 0 aromatic carbocycles. The average Bonchev–Trinajstić information content (AvgIpc) is 2.71. The van der Waals surface area contributed by atoms with Gasteiger partial charge in [0.05, 0.1) is 0 Å². The first kappa shape index (κ1) is 9.34. The fourth-order valence-corrected chi connectivity index (χ4v) is 1.82. The third-order valence-corrected chi connectivity index (χ3v) is 2.70. The van der Waals surface area contributed by atoms with E-state index < -0.39 is 0 Å². The van der Waals surface area contributed by atoms with Crippen LogP contribution in [0.4, 0.5) is 0 Å². The summed E-state index contributed by atoms with van der Waals surface area (Å²) in [5.41, 5.74) is 0.608. The standard InChI is InChI=1S/C9H18ClN/c1-2-7-11-8-9(3-4-9)5-6-10/h11H,2-8H2,1H3. The van der Waals surface area contributed by atoms with Gasteiger partial charge in [0.15, 0.2) is 0 Å². The largest absolute Gasteiger partial charge is 0.316 e. The highest BCUT2D eigenvalue weighted by Gasteiger charge is 2.40. The molecule has 1 saturated carbocycles. The Morgan fingerprint density at radius 2 is 2.18 bits per heavy atom. The third-order valence-electron chi connectivity index (χ3n) is 2.51. The van der Waals surface area contributed by atoms with Crippen molar-refractivity contribution in [1.29, 1.82) is 0 Å². The van der Waals surface area contributed by atoms with Gasteiger partial charge in [0.2, 0.25) is 0 Å². The molecular weight excluding hydrogens is 158 g/mol. The van der Waals surface area contributed by atoms with Crippen LogP contribution in [-0.4, -0.2) is 19.0 Å². The van der Waals surface area contributed by atoms with Crippen LogP contribution in [-0.2, 0) is 0 Å². The summed E-state index contributed by atoms with van der Waals surface area (Å²) in [4.78, 5) is 0. The molecule has 0 aromatic heterocycles. The topological polar surface area (TPSA) is 12.0 Å². The van der Waals surface area contributed by atoms with Gasteiger partial charge in [-0.15, -0.1) is 11.6 Å². The van der Waals surface area contributed by atoms with Gasteiger partial charge in [0, 0.05) is 12.4 Å². The molecule has 0 saturated heterocycles. The maximum absolute atomic E-state index is 5.71. The Balaban J connectivity index is 2.04. The van der Waals surface area contributed by atoms with Crippen LogP contribution >= 0.6 is 11.6 Å². The Bertz CT molecular complexity index is 110. The molecule has 0 bridgehead atoms. The van der Waals surface area contributed by atoms with Crippen molar-refractivity contribution < 1.29 is 0 Å². The van der Waals surface area contributed by atoms with Crippen molar-refractivity contribution in [1.82, 2.24) is 5.32 Å². The van der Waals surface area contributed by atoms with Gasteiger partial charge in [-0.3, -0.25) is 0 Å². The van der Waals surface area contributed by atoms with E-state index in [0.717, 1.165) is 12.4 Å². The Morgan fingerprint density at radius 1 is 1.45 bits per heavy atom. The molecule has 1 aliphatic carbocycles. The highest BCUT2D eigenvalue weighted by Crippen LogP contribution is 2.48. The molecule has 0 heterocycles. The molecule has 1 rings (SSSR count). The molecule has 1 aliphatic rings. The van der Waals surface area contributed by atoms with Crippen LogP contribution in [0.5, 0.6) is 0 Å². The molecule has 66 valence electrons. The van der Waals surface area contributed by atoms with Gasteiger partial charge in [-0.25, -0.2) is 0 Å². The molecule has 1 nitrogen and oxygen atoms in total. The third kappa shape index (κ3) is 3.00. The SMILES string of the molecule is CCCNCC1(CCCl)CC1. The summed E-state index contributed by atoms with van der Waals surface area (Å²) >= 11 is 5.71. The van der Waals surface area contributed by atoms with E-state index in [-0.39, 0.29) is 0 Å². The van der Waals surface area contributed by atoms with Crippen molar-refractivity contribution in [3.8, 4) is 0 Å². The Hall–Kier alpha value is 0.250. The first-order valence-corrected chi connectivity index (χ1v) is 5.13. The summed E-state index contributed by atoms with van der Waals surface area (Å²) in [6.45, 7) is 4.55. The Morgan fingerprint density at radius 3 is 2.64 bits per heavy atom. The number of hydrogen-bond donors (Lipinski definition) is 1. The number of alkyl halides is 1. The van der Waals surface area contributed by atoms with E-state index in [2.05, 4.69) is 12.2 Å². The lowest BCUT2D eigenvalue weighted by molar-refractivity contribution is 0.446. The quantitative estimate of drug-likeness (QED) is 0.483. The predicted molar refractivity (Wildman–Crippen MR) is 50.2 cm³/mol. The zero-order valence-electron chi connectivity index (χ0n) is 7.33. The monoisotopic (exact) mass is 175 g/mol. The maximum atomic E-state index is 5.71. The second-order valence-corrected chi connectivity index (χ2v) is 3.99. The summed E-state index contributed by atoms with van der Waals surface area (Å²) < 4.78 is 0. The number of hydrogen-bond acceptors (Lipinski definition) is 1. The second-order valence-electron chi connectivity index (χ2n) is 3.62. The highest BCUT2D eigenvalue weighted by molar-refractivity contribution is 6.17. The van der Waals surface area contributed by atoms with Crippen LogP contribution in [0.25, 0.3) is 0 Å². The van der Waals surface area contributed by atoms with Gasteiger partial charge in [-0.2, -0.15) is 0 Å². The van der Waals surface area contributed by atoms with Crippen LogP contribution in [0.15, 0.2) is 0 Å². The molecule has 1 fully saturated rings. The number of rotatable bonds is 6. The summed E-state index contributed by atoms with van der Waals surface area (Å²) in [6.07, 6.45) is 5.20. The van der Waals surface area contributed by atoms with E-state index in [1.807, 2.05) is 0 Å². The molecule has 0 amide bonds. The first-order valence-electron chi connectivity index (χ1n) is 4.60. The lowest BCUT2D eigenvalue weighted by Gasteiger charge is -2.13. The van der Waals surface area contributed by atoms with Crippen molar-refractivity contribution in [3.05, 3.63) is 0 Å². The minimum absolute atomic E-state index is 0.608. The van der Waals surface area contributed by atoms with E-state index in [1.54, 1.807) is 0 Å². The second kappa shape index (κ2) is 4.32. The molecule has 0 atom stereocenters. The molecule has 0 aliphatic heterocycles. The predicted octanol–water partition coefficient (Wildman–Crippen LogP) is 2.40. The molecule has 0 unspecified atom stereocenters. The Labute approximate surface area is 74.5 Å². The van der Waals surface area contributed by atoms with E-state index in [0.29, 0.717) is 5.41 Å². The highest BCUT2D eigenvalue weighted by atomic mass is 35.5. The minimum Gasteiger partial charge on any atom is -0.316 e. The van der Waals surface area contributed by atoms with Gasteiger partial charge in [-0.1, -0.05) is 6.92 Å². The van der Waals surface area contributed by atoms with Crippen molar-refractivity contribution in [2.24, 2.45) is 5.41 Å². The van der Waals surface area contributed by atoms with Gasteiger partial charge in [0.1, 0.15) is 0 Å². The zero-order chi connectivity index (χ0) is 8.16. The molecule has 0 radical (unpaired) electrons. The van der Waals surface area contributed by atoms with Crippen LogP contribution in [0.2, 0.25) is 0 Å². The summed E-state index contributed by atoms with van der Waals surface area (Å²) in [5.74, 6) is 0.827. The fraction of sp³-hybridized carbons (Fsp3) is 1.00. The maximum Gasteiger partial charge on any atom is 0.0229 e. The minimum atomic E-state index is 0.608. The number of halogens is 1.